The lowest BCUT2D eigenvalue weighted by Gasteiger charge is -2.20. The third-order valence-electron chi connectivity index (χ3n) is 6.27. The number of aromatic nitrogens is 2. The molecule has 0 aliphatic carbocycles. The molecular weight excluding hydrogens is 512 g/mol. The van der Waals surface area contributed by atoms with Gasteiger partial charge in [0.05, 0.1) is 18.5 Å². The Balaban J connectivity index is 1.80. The number of esters is 1. The van der Waals surface area contributed by atoms with Crippen molar-refractivity contribution in [3.05, 3.63) is 35.8 Å². The van der Waals surface area contributed by atoms with Crippen LogP contribution in [0.15, 0.2) is 28.7 Å². The number of thiazole rings is 1. The average Bonchev–Trinajstić information content (AvgIpc) is 3.48. The fourth-order valence-electron chi connectivity index (χ4n) is 4.11. The van der Waals surface area contributed by atoms with Gasteiger partial charge in [0.1, 0.15) is 9.90 Å². The molecule has 0 N–H and O–H groups in total. The van der Waals surface area contributed by atoms with Crippen molar-refractivity contribution in [1.82, 2.24) is 14.9 Å². The van der Waals surface area contributed by atoms with Crippen molar-refractivity contribution in [3.63, 3.8) is 0 Å². The molecule has 0 saturated carbocycles. The van der Waals surface area contributed by atoms with Crippen LogP contribution in [0.25, 0.3) is 0 Å². The second-order valence-electron chi connectivity index (χ2n) is 9.31. The van der Waals surface area contributed by atoms with Crippen molar-refractivity contribution < 1.29 is 22.7 Å². The minimum atomic E-state index is -3.50. The molecule has 2 aromatic heterocycles. The van der Waals surface area contributed by atoms with Crippen LogP contribution in [0.3, 0.4) is 0 Å². The number of unbranched alkanes of at least 4 members (excludes halogenated alkanes) is 5. The predicted octanol–water partition coefficient (Wildman–Crippen LogP) is 5.46. The van der Waals surface area contributed by atoms with Crippen molar-refractivity contribution in [1.29, 1.82) is 0 Å². The number of urea groups is 1. The zero-order valence-corrected chi connectivity index (χ0v) is 23.7. The number of amides is 2. The number of rotatable bonds is 15. The summed E-state index contributed by atoms with van der Waals surface area (Å²) in [5.41, 5.74) is 1.20. The Labute approximate surface area is 224 Å². The summed E-state index contributed by atoms with van der Waals surface area (Å²) in [6.07, 6.45) is 10.1. The van der Waals surface area contributed by atoms with Crippen LogP contribution in [0.4, 0.5) is 9.93 Å². The predicted molar refractivity (Wildman–Crippen MR) is 145 cm³/mol. The Morgan fingerprint density at radius 2 is 1.81 bits per heavy atom. The number of carbonyl (C=O) groups excluding carboxylic acids is 2. The summed E-state index contributed by atoms with van der Waals surface area (Å²) in [7, 11) is -3.50. The fourth-order valence-corrected chi connectivity index (χ4v) is 6.77. The van der Waals surface area contributed by atoms with Crippen LogP contribution in [-0.4, -0.2) is 60.4 Å². The summed E-state index contributed by atoms with van der Waals surface area (Å²) in [6, 6.07) is 3.28. The van der Waals surface area contributed by atoms with Gasteiger partial charge in [-0.1, -0.05) is 64.2 Å². The van der Waals surface area contributed by atoms with Gasteiger partial charge in [0.15, 0.2) is 15.0 Å². The zero-order chi connectivity index (χ0) is 26.8. The van der Waals surface area contributed by atoms with Crippen LogP contribution in [0.2, 0.25) is 0 Å². The highest BCUT2D eigenvalue weighted by molar-refractivity contribution is 7.93. The van der Waals surface area contributed by atoms with E-state index in [2.05, 4.69) is 16.9 Å². The van der Waals surface area contributed by atoms with E-state index >= 15 is 0 Å². The van der Waals surface area contributed by atoms with Crippen LogP contribution < -0.4 is 4.90 Å². The van der Waals surface area contributed by atoms with Crippen LogP contribution >= 0.6 is 11.3 Å². The van der Waals surface area contributed by atoms with Crippen molar-refractivity contribution >= 4 is 38.3 Å². The Hall–Kier alpha value is -2.53. The van der Waals surface area contributed by atoms with Gasteiger partial charge in [-0.3, -0.25) is 0 Å². The Morgan fingerprint density at radius 1 is 1.08 bits per heavy atom. The standard InChI is InChI=1S/C26H38N4O5S2/c1-4-7-10-12-20-13-14-27-21(17-20)24(31)35-22-19-29(15-9-6-3)26(32)30(22)25-28-18-23(36-25)37(33,34)16-11-8-5-2/h13-14,17-18,22H,4-12,15-16,19H2,1-3H3. The maximum absolute atomic E-state index is 13.3. The first-order valence-corrected chi connectivity index (χ1v) is 15.7. The lowest BCUT2D eigenvalue weighted by atomic mass is 10.1. The molecule has 1 fully saturated rings. The van der Waals surface area contributed by atoms with E-state index < -0.39 is 22.0 Å². The highest BCUT2D eigenvalue weighted by atomic mass is 32.2. The van der Waals surface area contributed by atoms with E-state index in [1.807, 2.05) is 19.9 Å². The van der Waals surface area contributed by atoms with Crippen molar-refractivity contribution in [2.45, 2.75) is 89.0 Å². The monoisotopic (exact) mass is 550 g/mol. The molecule has 1 saturated heterocycles. The number of aryl methyl sites for hydroxylation is 1. The van der Waals surface area contributed by atoms with E-state index in [0.29, 0.717) is 13.0 Å². The molecule has 1 aliphatic heterocycles. The molecule has 2 aromatic rings. The number of sulfone groups is 1. The molecule has 2 amide bonds. The van der Waals surface area contributed by atoms with Gasteiger partial charge in [0.25, 0.3) is 0 Å². The van der Waals surface area contributed by atoms with Gasteiger partial charge in [-0.15, -0.1) is 0 Å². The van der Waals surface area contributed by atoms with Gasteiger partial charge in [-0.25, -0.2) is 32.9 Å². The third kappa shape index (κ3) is 7.73. The van der Waals surface area contributed by atoms with Crippen LogP contribution in [0.5, 0.6) is 0 Å². The van der Waals surface area contributed by atoms with Crippen molar-refractivity contribution in [2.75, 3.05) is 23.7 Å². The van der Waals surface area contributed by atoms with Gasteiger partial charge < -0.3 is 9.64 Å². The first-order valence-electron chi connectivity index (χ1n) is 13.2. The molecule has 1 aliphatic rings. The molecule has 0 spiro atoms. The van der Waals surface area contributed by atoms with Crippen molar-refractivity contribution in [3.8, 4) is 0 Å². The molecule has 0 bridgehead atoms. The lowest BCUT2D eigenvalue weighted by Crippen LogP contribution is -2.37. The molecule has 37 heavy (non-hydrogen) atoms. The quantitative estimate of drug-likeness (QED) is 0.214. The zero-order valence-electron chi connectivity index (χ0n) is 22.0. The Morgan fingerprint density at radius 3 is 2.54 bits per heavy atom. The number of ether oxygens (including phenoxy) is 1. The summed E-state index contributed by atoms with van der Waals surface area (Å²) in [5, 5.41) is 0.206. The first-order chi connectivity index (χ1) is 17.8. The Bertz CT molecular complexity index is 1150. The average molecular weight is 551 g/mol. The topological polar surface area (TPSA) is 110 Å². The molecule has 3 heterocycles. The lowest BCUT2D eigenvalue weighted by molar-refractivity contribution is 0.0318. The summed E-state index contributed by atoms with van der Waals surface area (Å²) < 4.78 is 31.4. The van der Waals surface area contributed by atoms with Gasteiger partial charge in [0, 0.05) is 12.7 Å². The molecule has 11 heteroatoms. The molecule has 1 atom stereocenters. The largest absolute Gasteiger partial charge is 0.434 e. The fraction of sp³-hybridized carbons (Fsp3) is 0.615. The van der Waals surface area contributed by atoms with Gasteiger partial charge >= 0.3 is 12.0 Å². The number of hydrogen-bond acceptors (Lipinski definition) is 8. The molecule has 1 unspecified atom stereocenters. The number of anilines is 1. The van der Waals surface area contributed by atoms with E-state index in [1.165, 1.54) is 11.1 Å². The molecule has 204 valence electrons. The maximum atomic E-state index is 13.3. The number of pyridine rings is 1. The van der Waals surface area contributed by atoms with Gasteiger partial charge in [0.2, 0.25) is 6.23 Å². The summed E-state index contributed by atoms with van der Waals surface area (Å²) in [6.45, 7) is 6.88. The minimum Gasteiger partial charge on any atom is -0.434 e. The number of carbonyl (C=O) groups is 2. The summed E-state index contributed by atoms with van der Waals surface area (Å²) >= 11 is 0.937. The van der Waals surface area contributed by atoms with Crippen LogP contribution in [-0.2, 0) is 21.0 Å². The van der Waals surface area contributed by atoms with Gasteiger partial charge in [-0.2, -0.15) is 0 Å². The third-order valence-corrected chi connectivity index (χ3v) is 9.62. The summed E-state index contributed by atoms with van der Waals surface area (Å²) in [4.78, 5) is 37.7. The second-order valence-corrected chi connectivity index (χ2v) is 12.7. The number of nitrogens with zero attached hydrogens (tertiary/aromatic N) is 4. The van der Waals surface area contributed by atoms with E-state index in [0.717, 1.165) is 68.3 Å². The van der Waals surface area contributed by atoms with E-state index in [-0.39, 0.29) is 33.4 Å². The van der Waals surface area contributed by atoms with Crippen LogP contribution in [0, 0.1) is 0 Å². The first kappa shape index (κ1) is 29.0. The van der Waals surface area contributed by atoms with Crippen LogP contribution in [0.1, 0.15) is 88.2 Å². The highest BCUT2D eigenvalue weighted by Gasteiger charge is 2.42. The second kappa shape index (κ2) is 13.9. The van der Waals surface area contributed by atoms with E-state index in [1.54, 1.807) is 17.2 Å². The van der Waals surface area contributed by atoms with Gasteiger partial charge in [-0.05, 0) is 43.4 Å². The molecular formula is C26H38N4O5S2. The SMILES string of the molecule is CCCCCc1ccnc(C(=O)OC2CN(CCCC)C(=O)N2c2ncc(S(=O)(=O)CCCCC)s2)c1. The maximum Gasteiger partial charge on any atom is 0.358 e. The molecule has 9 nitrogen and oxygen atoms in total. The normalized spacial score (nSPS) is 16.0. The number of hydrogen-bond donors (Lipinski definition) is 0. The molecule has 0 radical (unpaired) electrons. The molecule has 3 rings (SSSR count). The van der Waals surface area contributed by atoms with Crippen molar-refractivity contribution in [2.24, 2.45) is 0 Å². The van der Waals surface area contributed by atoms with E-state index in [4.69, 9.17) is 4.74 Å². The Kier molecular flexibility index (Phi) is 10.9. The smallest absolute Gasteiger partial charge is 0.358 e. The highest BCUT2D eigenvalue weighted by Crippen LogP contribution is 2.33. The molecule has 0 aromatic carbocycles. The van der Waals surface area contributed by atoms with E-state index in [9.17, 15) is 18.0 Å². The summed E-state index contributed by atoms with van der Waals surface area (Å²) in [5.74, 6) is -0.584. The minimum absolute atomic E-state index is 0.0394.